The number of hydrogen-bond donors (Lipinski definition) is 1. The van der Waals surface area contributed by atoms with Gasteiger partial charge in [-0.05, 0) is 30.2 Å². The first-order valence-electron chi connectivity index (χ1n) is 8.51. The molecule has 0 aliphatic carbocycles. The molecule has 0 saturated heterocycles. The summed E-state index contributed by atoms with van der Waals surface area (Å²) in [5.74, 6) is 0. The van der Waals surface area contributed by atoms with Gasteiger partial charge in [0.2, 0.25) is 0 Å². The number of hydrogen-bond acceptors (Lipinski definition) is 2. The molecule has 3 heteroatoms. The Morgan fingerprint density at radius 2 is 1.67 bits per heavy atom. The highest BCUT2D eigenvalue weighted by molar-refractivity contribution is 6.31. The minimum absolute atomic E-state index is 0.394. The van der Waals surface area contributed by atoms with E-state index in [2.05, 4.69) is 17.1 Å². The van der Waals surface area contributed by atoms with Crippen LogP contribution in [0.4, 0.5) is 0 Å². The molecule has 0 aliphatic rings. The highest BCUT2D eigenvalue weighted by atomic mass is 35.5. The van der Waals surface area contributed by atoms with Gasteiger partial charge in [0.1, 0.15) is 5.15 Å². The van der Waals surface area contributed by atoms with E-state index in [-0.39, 0.29) is 0 Å². The first-order chi connectivity index (χ1) is 11.8. The molecule has 1 N–H and O–H groups in total. The Balaban J connectivity index is 0.00000100. The second kappa shape index (κ2) is 9.41. The zero-order chi connectivity index (χ0) is 17.4. The molecule has 0 spiro atoms. The van der Waals surface area contributed by atoms with Gasteiger partial charge in [-0.2, -0.15) is 0 Å². The van der Waals surface area contributed by atoms with Gasteiger partial charge in [0, 0.05) is 17.1 Å². The molecule has 2 aromatic carbocycles. The lowest BCUT2D eigenvalue weighted by molar-refractivity contribution is 0.166. The van der Waals surface area contributed by atoms with Crippen LogP contribution < -0.4 is 0 Å². The fourth-order valence-corrected chi connectivity index (χ4v) is 3.04. The van der Waals surface area contributed by atoms with Crippen LogP contribution in [0.3, 0.4) is 0 Å². The third-order valence-corrected chi connectivity index (χ3v) is 4.21. The standard InChI is InChI=1S/C19H18ClNO.C2H6/c20-19-18(16-11-5-4-10-15(16)13-21-19)17(22)12-6-9-14-7-2-1-3-8-14;1-2/h1-5,7-8,10-11,13,17,22H,6,9,12H2;1-2H3. The topological polar surface area (TPSA) is 33.1 Å². The van der Waals surface area contributed by atoms with E-state index in [0.29, 0.717) is 11.6 Å². The number of benzene rings is 2. The van der Waals surface area contributed by atoms with Crippen LogP contribution in [0.25, 0.3) is 10.8 Å². The number of pyridine rings is 1. The van der Waals surface area contributed by atoms with Crippen molar-refractivity contribution in [2.45, 2.75) is 39.2 Å². The smallest absolute Gasteiger partial charge is 0.135 e. The maximum Gasteiger partial charge on any atom is 0.135 e. The summed E-state index contributed by atoms with van der Waals surface area (Å²) < 4.78 is 0. The van der Waals surface area contributed by atoms with Gasteiger partial charge in [0.05, 0.1) is 6.10 Å². The first-order valence-corrected chi connectivity index (χ1v) is 8.88. The summed E-state index contributed by atoms with van der Waals surface area (Å²) in [7, 11) is 0. The highest BCUT2D eigenvalue weighted by Gasteiger charge is 2.16. The molecule has 1 unspecified atom stereocenters. The van der Waals surface area contributed by atoms with Crippen LogP contribution in [0.5, 0.6) is 0 Å². The fraction of sp³-hybridized carbons (Fsp3) is 0.286. The average Bonchev–Trinajstić information content (AvgIpc) is 2.64. The number of rotatable bonds is 5. The van der Waals surface area contributed by atoms with Gasteiger partial charge < -0.3 is 5.11 Å². The fourth-order valence-electron chi connectivity index (χ4n) is 2.77. The molecule has 0 radical (unpaired) electrons. The van der Waals surface area contributed by atoms with Crippen LogP contribution in [0.2, 0.25) is 5.15 Å². The number of aliphatic hydroxyl groups excluding tert-OH is 1. The summed E-state index contributed by atoms with van der Waals surface area (Å²) in [6.07, 6.45) is 3.69. The Morgan fingerprint density at radius 1 is 1.00 bits per heavy atom. The average molecular weight is 342 g/mol. The van der Waals surface area contributed by atoms with Gasteiger partial charge in [-0.15, -0.1) is 0 Å². The van der Waals surface area contributed by atoms with Gasteiger partial charge in [-0.1, -0.05) is 80.0 Å². The van der Waals surface area contributed by atoms with Gasteiger partial charge in [0.25, 0.3) is 0 Å². The van der Waals surface area contributed by atoms with E-state index in [1.807, 2.05) is 56.3 Å². The minimum atomic E-state index is -0.588. The van der Waals surface area contributed by atoms with Gasteiger partial charge in [-0.25, -0.2) is 4.98 Å². The molecular weight excluding hydrogens is 318 g/mol. The highest BCUT2D eigenvalue weighted by Crippen LogP contribution is 2.31. The summed E-state index contributed by atoms with van der Waals surface area (Å²) >= 11 is 6.22. The number of aryl methyl sites for hydroxylation is 1. The van der Waals surface area contributed by atoms with E-state index in [0.717, 1.165) is 29.2 Å². The Bertz CT molecular complexity index is 758. The molecule has 0 bridgehead atoms. The molecule has 0 saturated carbocycles. The Hall–Kier alpha value is -1.90. The van der Waals surface area contributed by atoms with Crippen LogP contribution in [0.1, 0.15) is 43.9 Å². The van der Waals surface area contributed by atoms with Crippen molar-refractivity contribution in [1.29, 1.82) is 0 Å². The number of aliphatic hydroxyl groups is 1. The lowest BCUT2D eigenvalue weighted by Gasteiger charge is -2.15. The van der Waals surface area contributed by atoms with Crippen molar-refractivity contribution < 1.29 is 5.11 Å². The Labute approximate surface area is 149 Å². The van der Waals surface area contributed by atoms with Crippen molar-refractivity contribution in [3.63, 3.8) is 0 Å². The van der Waals surface area contributed by atoms with E-state index in [4.69, 9.17) is 11.6 Å². The molecular formula is C21H24ClNO. The van der Waals surface area contributed by atoms with Crippen molar-refractivity contribution in [3.8, 4) is 0 Å². The second-order valence-corrected chi connectivity index (χ2v) is 5.80. The summed E-state index contributed by atoms with van der Waals surface area (Å²) in [6, 6.07) is 18.2. The zero-order valence-electron chi connectivity index (χ0n) is 14.2. The molecule has 0 amide bonds. The number of halogens is 1. The van der Waals surface area contributed by atoms with Crippen molar-refractivity contribution in [1.82, 2.24) is 4.98 Å². The molecule has 24 heavy (non-hydrogen) atoms. The lowest BCUT2D eigenvalue weighted by Crippen LogP contribution is -2.02. The predicted molar refractivity (Wildman–Crippen MR) is 102 cm³/mol. The SMILES string of the molecule is CC.OC(CCCc1ccccc1)c1c(Cl)ncc2ccccc12. The van der Waals surface area contributed by atoms with Crippen LogP contribution in [0, 0.1) is 0 Å². The van der Waals surface area contributed by atoms with Gasteiger partial charge in [-0.3, -0.25) is 0 Å². The molecule has 3 aromatic rings. The number of aromatic nitrogens is 1. The van der Waals surface area contributed by atoms with E-state index in [9.17, 15) is 5.11 Å². The lowest BCUT2D eigenvalue weighted by atomic mass is 9.98. The zero-order valence-corrected chi connectivity index (χ0v) is 15.0. The number of fused-ring (bicyclic) bond motifs is 1. The van der Waals surface area contributed by atoms with E-state index in [1.165, 1.54) is 5.56 Å². The molecule has 1 heterocycles. The molecule has 2 nitrogen and oxygen atoms in total. The van der Waals surface area contributed by atoms with E-state index < -0.39 is 6.10 Å². The Kier molecular flexibility index (Phi) is 7.23. The third-order valence-electron chi connectivity index (χ3n) is 3.91. The largest absolute Gasteiger partial charge is 0.388 e. The molecule has 126 valence electrons. The van der Waals surface area contributed by atoms with Crippen LogP contribution in [-0.2, 0) is 6.42 Å². The molecule has 1 atom stereocenters. The first kappa shape index (κ1) is 18.4. The summed E-state index contributed by atoms with van der Waals surface area (Å²) in [6.45, 7) is 4.00. The minimum Gasteiger partial charge on any atom is -0.388 e. The van der Waals surface area contributed by atoms with E-state index in [1.54, 1.807) is 6.20 Å². The van der Waals surface area contributed by atoms with Crippen LogP contribution in [-0.4, -0.2) is 10.1 Å². The Morgan fingerprint density at radius 3 is 2.42 bits per heavy atom. The van der Waals surface area contributed by atoms with Crippen molar-refractivity contribution in [3.05, 3.63) is 77.1 Å². The quantitative estimate of drug-likeness (QED) is 0.580. The van der Waals surface area contributed by atoms with Crippen molar-refractivity contribution in [2.75, 3.05) is 0 Å². The van der Waals surface area contributed by atoms with Crippen molar-refractivity contribution >= 4 is 22.4 Å². The maximum absolute atomic E-state index is 10.6. The summed E-state index contributed by atoms with van der Waals surface area (Å²) in [5.41, 5.74) is 2.03. The predicted octanol–water partition coefficient (Wildman–Crippen LogP) is 5.97. The van der Waals surface area contributed by atoms with Crippen LogP contribution >= 0.6 is 11.6 Å². The van der Waals surface area contributed by atoms with Gasteiger partial charge in [0.15, 0.2) is 0 Å². The summed E-state index contributed by atoms with van der Waals surface area (Å²) in [4.78, 5) is 4.20. The normalized spacial score (nSPS) is 11.7. The molecule has 1 aromatic heterocycles. The van der Waals surface area contributed by atoms with Crippen molar-refractivity contribution in [2.24, 2.45) is 0 Å². The molecule has 0 aliphatic heterocycles. The van der Waals surface area contributed by atoms with E-state index >= 15 is 0 Å². The monoisotopic (exact) mass is 341 g/mol. The molecule has 3 rings (SSSR count). The maximum atomic E-state index is 10.6. The third kappa shape index (κ3) is 4.56. The molecule has 0 fully saturated rings. The van der Waals surface area contributed by atoms with Crippen LogP contribution in [0.15, 0.2) is 60.8 Å². The van der Waals surface area contributed by atoms with Gasteiger partial charge >= 0.3 is 0 Å². The summed E-state index contributed by atoms with van der Waals surface area (Å²) in [5, 5.41) is 12.9. The number of nitrogens with zero attached hydrogens (tertiary/aromatic N) is 1. The second-order valence-electron chi connectivity index (χ2n) is 5.44.